The van der Waals surface area contributed by atoms with E-state index < -0.39 is 5.82 Å². The van der Waals surface area contributed by atoms with E-state index in [1.54, 1.807) is 18.2 Å². The average Bonchev–Trinajstić information content (AvgIpc) is 2.37. The fourth-order valence-electron chi connectivity index (χ4n) is 1.90. The second-order valence-corrected chi connectivity index (χ2v) is 6.09. The predicted octanol–water partition coefficient (Wildman–Crippen LogP) is 5.20. The molecular formula is C15H11Br2FO. The molecular weight excluding hydrogens is 375 g/mol. The van der Waals surface area contributed by atoms with E-state index in [9.17, 15) is 9.18 Å². The first kappa shape index (κ1) is 14.4. The van der Waals surface area contributed by atoms with Crippen LogP contribution in [0.3, 0.4) is 0 Å². The zero-order chi connectivity index (χ0) is 14.2. The van der Waals surface area contributed by atoms with Crippen molar-refractivity contribution in [3.8, 4) is 0 Å². The highest BCUT2D eigenvalue weighted by molar-refractivity contribution is 9.10. The number of benzene rings is 2. The van der Waals surface area contributed by atoms with E-state index in [0.29, 0.717) is 10.0 Å². The van der Waals surface area contributed by atoms with Gasteiger partial charge in [-0.05, 0) is 55.3 Å². The second-order valence-electron chi connectivity index (χ2n) is 4.38. The summed E-state index contributed by atoms with van der Waals surface area (Å²) >= 11 is 6.70. The number of hydrogen-bond donors (Lipinski definition) is 0. The molecule has 0 heterocycles. The van der Waals surface area contributed by atoms with Crippen LogP contribution in [-0.4, -0.2) is 5.78 Å². The Morgan fingerprint density at radius 1 is 1.05 bits per heavy atom. The molecule has 0 N–H and O–H groups in total. The van der Waals surface area contributed by atoms with E-state index in [1.807, 2.05) is 13.8 Å². The van der Waals surface area contributed by atoms with Crippen LogP contribution in [0.15, 0.2) is 39.3 Å². The number of hydrogen-bond acceptors (Lipinski definition) is 1. The van der Waals surface area contributed by atoms with Gasteiger partial charge in [-0.25, -0.2) is 4.39 Å². The molecule has 0 aliphatic heterocycles. The second kappa shape index (κ2) is 5.55. The molecule has 0 saturated heterocycles. The lowest BCUT2D eigenvalue weighted by Gasteiger charge is -2.08. The van der Waals surface area contributed by atoms with Gasteiger partial charge in [0.25, 0.3) is 0 Å². The molecule has 98 valence electrons. The normalized spacial score (nSPS) is 10.6. The van der Waals surface area contributed by atoms with Crippen molar-refractivity contribution in [2.75, 3.05) is 0 Å². The SMILES string of the molecule is Cc1cc(C(=O)c2cc(Br)ccc2F)cc(C)c1Br. The predicted molar refractivity (Wildman–Crippen MR) is 81.1 cm³/mol. The molecule has 0 aliphatic rings. The van der Waals surface area contributed by atoms with Gasteiger partial charge in [-0.2, -0.15) is 0 Å². The van der Waals surface area contributed by atoms with E-state index >= 15 is 0 Å². The van der Waals surface area contributed by atoms with Gasteiger partial charge in [0.15, 0.2) is 5.78 Å². The van der Waals surface area contributed by atoms with Crippen molar-refractivity contribution in [2.45, 2.75) is 13.8 Å². The van der Waals surface area contributed by atoms with E-state index in [2.05, 4.69) is 31.9 Å². The standard InChI is InChI=1S/C15H11Br2FO/c1-8-5-10(6-9(2)14(8)17)15(19)12-7-11(16)3-4-13(12)18/h3-7H,1-2H3. The van der Waals surface area contributed by atoms with E-state index in [1.165, 1.54) is 12.1 Å². The van der Waals surface area contributed by atoms with Gasteiger partial charge in [-0.15, -0.1) is 0 Å². The maximum Gasteiger partial charge on any atom is 0.196 e. The molecule has 19 heavy (non-hydrogen) atoms. The summed E-state index contributed by atoms with van der Waals surface area (Å²) in [6, 6.07) is 7.89. The van der Waals surface area contributed by atoms with Gasteiger partial charge >= 0.3 is 0 Å². The molecule has 2 rings (SSSR count). The first-order valence-corrected chi connectivity index (χ1v) is 7.25. The summed E-state index contributed by atoms with van der Waals surface area (Å²) in [5.74, 6) is -0.816. The molecule has 0 fully saturated rings. The van der Waals surface area contributed by atoms with Gasteiger partial charge in [-0.3, -0.25) is 4.79 Å². The minimum atomic E-state index is -0.508. The number of carbonyl (C=O) groups excluding carboxylic acids is 1. The molecule has 0 bridgehead atoms. The Hall–Kier alpha value is -1.00. The van der Waals surface area contributed by atoms with Crippen molar-refractivity contribution in [3.63, 3.8) is 0 Å². The summed E-state index contributed by atoms with van der Waals surface area (Å²) in [5.41, 5.74) is 2.49. The molecule has 0 radical (unpaired) electrons. The summed E-state index contributed by atoms with van der Waals surface area (Å²) in [7, 11) is 0. The zero-order valence-electron chi connectivity index (χ0n) is 10.4. The topological polar surface area (TPSA) is 17.1 Å². The van der Waals surface area contributed by atoms with Crippen molar-refractivity contribution >= 4 is 37.6 Å². The highest BCUT2D eigenvalue weighted by atomic mass is 79.9. The van der Waals surface area contributed by atoms with Gasteiger partial charge in [-0.1, -0.05) is 31.9 Å². The Kier molecular flexibility index (Phi) is 4.21. The van der Waals surface area contributed by atoms with Crippen LogP contribution in [-0.2, 0) is 0 Å². The third kappa shape index (κ3) is 2.95. The van der Waals surface area contributed by atoms with Gasteiger partial charge in [0, 0.05) is 14.5 Å². The largest absolute Gasteiger partial charge is 0.288 e. The molecule has 0 saturated carbocycles. The highest BCUT2D eigenvalue weighted by Gasteiger charge is 2.16. The maximum atomic E-state index is 13.7. The first-order valence-electron chi connectivity index (χ1n) is 5.66. The summed E-state index contributed by atoms with van der Waals surface area (Å²) < 4.78 is 15.4. The van der Waals surface area contributed by atoms with Crippen LogP contribution in [0.2, 0.25) is 0 Å². The molecule has 1 nitrogen and oxygen atoms in total. The van der Waals surface area contributed by atoms with Crippen molar-refractivity contribution < 1.29 is 9.18 Å². The molecule has 0 aliphatic carbocycles. The Balaban J connectivity index is 2.53. The van der Waals surface area contributed by atoms with Crippen molar-refractivity contribution in [3.05, 3.63) is 67.3 Å². The third-order valence-corrected chi connectivity index (χ3v) is 4.62. The lowest BCUT2D eigenvalue weighted by atomic mass is 9.99. The number of carbonyl (C=O) groups is 1. The zero-order valence-corrected chi connectivity index (χ0v) is 13.6. The maximum absolute atomic E-state index is 13.7. The molecule has 0 unspecified atom stereocenters. The van der Waals surface area contributed by atoms with Crippen LogP contribution in [0.4, 0.5) is 4.39 Å². The Morgan fingerprint density at radius 2 is 1.63 bits per heavy atom. The fourth-order valence-corrected chi connectivity index (χ4v) is 2.49. The van der Waals surface area contributed by atoms with Crippen LogP contribution in [0, 0.1) is 19.7 Å². The van der Waals surface area contributed by atoms with E-state index in [4.69, 9.17) is 0 Å². The summed E-state index contributed by atoms with van der Waals surface area (Å²) in [5, 5.41) is 0. The molecule has 0 aromatic heterocycles. The first-order chi connectivity index (χ1) is 8.90. The van der Waals surface area contributed by atoms with Gasteiger partial charge < -0.3 is 0 Å². The van der Waals surface area contributed by atoms with Gasteiger partial charge in [0.1, 0.15) is 5.82 Å². The minimum Gasteiger partial charge on any atom is -0.288 e. The lowest BCUT2D eigenvalue weighted by Crippen LogP contribution is -2.05. The average molecular weight is 386 g/mol. The molecule has 4 heteroatoms. The molecule has 2 aromatic rings. The van der Waals surface area contributed by atoms with Crippen LogP contribution in [0.5, 0.6) is 0 Å². The Morgan fingerprint density at radius 3 is 2.21 bits per heavy atom. The van der Waals surface area contributed by atoms with Crippen LogP contribution >= 0.6 is 31.9 Å². The number of halogens is 3. The summed E-state index contributed by atoms with van der Waals surface area (Å²) in [6.07, 6.45) is 0. The Bertz CT molecular complexity index is 642. The fraction of sp³-hybridized carbons (Fsp3) is 0.133. The minimum absolute atomic E-state index is 0.0792. The van der Waals surface area contributed by atoms with Gasteiger partial charge in [0.2, 0.25) is 0 Å². The van der Waals surface area contributed by atoms with E-state index in [-0.39, 0.29) is 11.3 Å². The van der Waals surface area contributed by atoms with E-state index in [0.717, 1.165) is 15.6 Å². The van der Waals surface area contributed by atoms with Crippen molar-refractivity contribution in [1.82, 2.24) is 0 Å². The Labute approximate surface area is 128 Å². The number of aryl methyl sites for hydroxylation is 2. The lowest BCUT2D eigenvalue weighted by molar-refractivity contribution is 0.103. The third-order valence-electron chi connectivity index (χ3n) is 2.87. The highest BCUT2D eigenvalue weighted by Crippen LogP contribution is 2.25. The molecule has 0 atom stereocenters. The smallest absolute Gasteiger partial charge is 0.196 e. The van der Waals surface area contributed by atoms with Crippen molar-refractivity contribution in [2.24, 2.45) is 0 Å². The number of rotatable bonds is 2. The molecule has 0 spiro atoms. The van der Waals surface area contributed by atoms with Crippen LogP contribution in [0.1, 0.15) is 27.0 Å². The number of ketones is 1. The molecule has 2 aromatic carbocycles. The quantitative estimate of drug-likeness (QED) is 0.649. The van der Waals surface area contributed by atoms with Crippen molar-refractivity contribution in [1.29, 1.82) is 0 Å². The molecule has 0 amide bonds. The monoisotopic (exact) mass is 384 g/mol. The van der Waals surface area contributed by atoms with Gasteiger partial charge in [0.05, 0.1) is 5.56 Å². The summed E-state index contributed by atoms with van der Waals surface area (Å²) in [4.78, 5) is 12.4. The summed E-state index contributed by atoms with van der Waals surface area (Å²) in [6.45, 7) is 3.82. The van der Waals surface area contributed by atoms with Crippen LogP contribution < -0.4 is 0 Å². The van der Waals surface area contributed by atoms with Crippen LogP contribution in [0.25, 0.3) is 0 Å².